The SMILES string of the molecule is NC(=O)c1cccc(N)c1C1(O)CCCCC1. The maximum absolute atomic E-state index is 11.4. The summed E-state index contributed by atoms with van der Waals surface area (Å²) >= 11 is 0. The van der Waals surface area contributed by atoms with Gasteiger partial charge in [-0.05, 0) is 25.0 Å². The summed E-state index contributed by atoms with van der Waals surface area (Å²) in [4.78, 5) is 11.4. The highest BCUT2D eigenvalue weighted by atomic mass is 16.3. The predicted molar refractivity (Wildman–Crippen MR) is 66.4 cm³/mol. The third-order valence-electron chi connectivity index (χ3n) is 3.51. The van der Waals surface area contributed by atoms with Crippen molar-refractivity contribution in [3.8, 4) is 0 Å². The molecule has 4 heteroatoms. The first kappa shape index (κ1) is 11.9. The molecule has 5 N–H and O–H groups in total. The number of carbonyl (C=O) groups excluding carboxylic acids is 1. The Hall–Kier alpha value is -1.55. The van der Waals surface area contributed by atoms with Crippen LogP contribution in [0.25, 0.3) is 0 Å². The van der Waals surface area contributed by atoms with E-state index in [1.54, 1.807) is 18.2 Å². The Kier molecular flexibility index (Phi) is 3.07. The normalized spacial score (nSPS) is 18.9. The molecule has 1 fully saturated rings. The Morgan fingerprint density at radius 2 is 1.88 bits per heavy atom. The lowest BCUT2D eigenvalue weighted by molar-refractivity contribution is -0.000615. The minimum absolute atomic E-state index is 0.342. The van der Waals surface area contributed by atoms with Crippen molar-refractivity contribution in [1.29, 1.82) is 0 Å². The van der Waals surface area contributed by atoms with Crippen molar-refractivity contribution in [2.75, 3.05) is 5.73 Å². The largest absolute Gasteiger partial charge is 0.398 e. The molecule has 0 saturated heterocycles. The average Bonchev–Trinajstić information content (AvgIpc) is 2.29. The van der Waals surface area contributed by atoms with Crippen molar-refractivity contribution in [3.05, 3.63) is 29.3 Å². The molecule has 0 bridgehead atoms. The molecule has 0 radical (unpaired) electrons. The minimum atomic E-state index is -0.992. The smallest absolute Gasteiger partial charge is 0.249 e. The summed E-state index contributed by atoms with van der Waals surface area (Å²) in [6.07, 6.45) is 4.29. The quantitative estimate of drug-likeness (QED) is 0.678. The molecule has 2 rings (SSSR count). The second kappa shape index (κ2) is 4.37. The predicted octanol–water partition coefficient (Wildman–Crippen LogP) is 1.52. The van der Waals surface area contributed by atoms with E-state index in [1.807, 2.05) is 0 Å². The van der Waals surface area contributed by atoms with Gasteiger partial charge in [-0.2, -0.15) is 0 Å². The fraction of sp³-hybridized carbons (Fsp3) is 0.462. The summed E-state index contributed by atoms with van der Waals surface area (Å²) in [5.74, 6) is -0.536. The molecule has 17 heavy (non-hydrogen) atoms. The summed E-state index contributed by atoms with van der Waals surface area (Å²) in [6.45, 7) is 0. The molecule has 92 valence electrons. The Bertz CT molecular complexity index is 437. The zero-order valence-electron chi connectivity index (χ0n) is 9.78. The van der Waals surface area contributed by atoms with Gasteiger partial charge in [0.1, 0.15) is 0 Å². The molecule has 0 unspecified atom stereocenters. The number of hydrogen-bond donors (Lipinski definition) is 3. The van der Waals surface area contributed by atoms with Crippen molar-refractivity contribution in [2.45, 2.75) is 37.7 Å². The van der Waals surface area contributed by atoms with Crippen LogP contribution in [0.2, 0.25) is 0 Å². The van der Waals surface area contributed by atoms with Crippen LogP contribution in [-0.2, 0) is 5.60 Å². The third-order valence-corrected chi connectivity index (χ3v) is 3.51. The highest BCUT2D eigenvalue weighted by molar-refractivity contribution is 5.96. The third kappa shape index (κ3) is 2.13. The highest BCUT2D eigenvalue weighted by Crippen LogP contribution is 2.41. The lowest BCUT2D eigenvalue weighted by atomic mass is 9.77. The Labute approximate surface area is 101 Å². The number of hydrogen-bond acceptors (Lipinski definition) is 3. The van der Waals surface area contributed by atoms with Crippen molar-refractivity contribution in [3.63, 3.8) is 0 Å². The van der Waals surface area contributed by atoms with Gasteiger partial charge >= 0.3 is 0 Å². The average molecular weight is 234 g/mol. The molecule has 0 heterocycles. The van der Waals surface area contributed by atoms with Crippen molar-refractivity contribution in [2.24, 2.45) is 5.73 Å². The Balaban J connectivity index is 2.52. The number of aliphatic hydroxyl groups is 1. The Morgan fingerprint density at radius 1 is 1.24 bits per heavy atom. The zero-order valence-corrected chi connectivity index (χ0v) is 9.78. The van der Waals surface area contributed by atoms with E-state index in [1.165, 1.54) is 0 Å². The van der Waals surface area contributed by atoms with Crippen molar-refractivity contribution >= 4 is 11.6 Å². The van der Waals surface area contributed by atoms with Crippen LogP contribution >= 0.6 is 0 Å². The molecule has 1 aliphatic carbocycles. The first-order chi connectivity index (χ1) is 8.04. The number of nitrogen functional groups attached to an aromatic ring is 1. The van der Waals surface area contributed by atoms with Gasteiger partial charge in [0.15, 0.2) is 0 Å². The summed E-state index contributed by atoms with van der Waals surface area (Å²) in [7, 11) is 0. The van der Waals surface area contributed by atoms with E-state index in [4.69, 9.17) is 11.5 Å². The van der Waals surface area contributed by atoms with Gasteiger partial charge in [-0.1, -0.05) is 25.3 Å². The van der Waals surface area contributed by atoms with Crippen LogP contribution in [0, 0.1) is 0 Å². The lowest BCUT2D eigenvalue weighted by Gasteiger charge is -2.34. The summed E-state index contributed by atoms with van der Waals surface area (Å²) < 4.78 is 0. The van der Waals surface area contributed by atoms with Gasteiger partial charge in [-0.25, -0.2) is 0 Å². The monoisotopic (exact) mass is 234 g/mol. The van der Waals surface area contributed by atoms with Gasteiger partial charge in [0.2, 0.25) is 5.91 Å². The number of rotatable bonds is 2. The van der Waals surface area contributed by atoms with Crippen molar-refractivity contribution < 1.29 is 9.90 Å². The lowest BCUT2D eigenvalue weighted by Crippen LogP contribution is -2.32. The first-order valence-corrected chi connectivity index (χ1v) is 5.96. The summed E-state index contributed by atoms with van der Waals surface area (Å²) in [5.41, 5.74) is 11.6. The molecule has 0 aromatic heterocycles. The maximum Gasteiger partial charge on any atom is 0.249 e. The molecule has 0 atom stereocenters. The van der Waals surface area contributed by atoms with Crippen LogP contribution in [0.3, 0.4) is 0 Å². The fourth-order valence-corrected chi connectivity index (χ4v) is 2.68. The van der Waals surface area contributed by atoms with Gasteiger partial charge in [0.25, 0.3) is 0 Å². The van der Waals surface area contributed by atoms with E-state index < -0.39 is 11.5 Å². The van der Waals surface area contributed by atoms with E-state index >= 15 is 0 Å². The van der Waals surface area contributed by atoms with Crippen LogP contribution < -0.4 is 11.5 Å². The topological polar surface area (TPSA) is 89.3 Å². The standard InChI is InChI=1S/C13H18N2O2/c14-10-6-4-5-9(12(15)16)11(10)13(17)7-2-1-3-8-13/h4-6,17H,1-3,7-8,14H2,(H2,15,16). The minimum Gasteiger partial charge on any atom is -0.398 e. The molecule has 4 nitrogen and oxygen atoms in total. The molecular weight excluding hydrogens is 216 g/mol. The molecule has 0 spiro atoms. The number of amides is 1. The van der Waals surface area contributed by atoms with Gasteiger partial charge in [0.05, 0.1) is 5.60 Å². The molecular formula is C13H18N2O2. The summed E-state index contributed by atoms with van der Waals surface area (Å²) in [5, 5.41) is 10.7. The number of benzene rings is 1. The van der Waals surface area contributed by atoms with Crippen LogP contribution in [0.1, 0.15) is 48.0 Å². The number of carbonyl (C=O) groups is 1. The first-order valence-electron chi connectivity index (χ1n) is 5.96. The van der Waals surface area contributed by atoms with E-state index in [-0.39, 0.29) is 0 Å². The maximum atomic E-state index is 11.4. The second-order valence-corrected chi connectivity index (χ2v) is 4.73. The molecule has 1 saturated carbocycles. The Morgan fingerprint density at radius 3 is 2.47 bits per heavy atom. The van der Waals surface area contributed by atoms with Crippen LogP contribution in [0.4, 0.5) is 5.69 Å². The number of primary amides is 1. The number of nitrogens with two attached hydrogens (primary N) is 2. The van der Waals surface area contributed by atoms with E-state index in [9.17, 15) is 9.90 Å². The molecule has 1 aromatic rings. The van der Waals surface area contributed by atoms with Gasteiger partial charge < -0.3 is 16.6 Å². The van der Waals surface area contributed by atoms with Crippen LogP contribution in [0.15, 0.2) is 18.2 Å². The van der Waals surface area contributed by atoms with Crippen LogP contribution in [0.5, 0.6) is 0 Å². The van der Waals surface area contributed by atoms with Crippen molar-refractivity contribution in [1.82, 2.24) is 0 Å². The van der Waals surface area contributed by atoms with E-state index in [2.05, 4.69) is 0 Å². The van der Waals surface area contributed by atoms with Gasteiger partial charge in [-0.15, -0.1) is 0 Å². The fourth-order valence-electron chi connectivity index (χ4n) is 2.68. The van der Waals surface area contributed by atoms with Crippen LogP contribution in [-0.4, -0.2) is 11.0 Å². The molecule has 1 aliphatic rings. The van der Waals surface area contributed by atoms with E-state index in [0.717, 1.165) is 19.3 Å². The summed E-state index contributed by atoms with van der Waals surface area (Å²) in [6, 6.07) is 5.01. The second-order valence-electron chi connectivity index (χ2n) is 4.73. The molecule has 1 amide bonds. The zero-order chi connectivity index (χ0) is 12.5. The van der Waals surface area contributed by atoms with Gasteiger partial charge in [-0.3, -0.25) is 4.79 Å². The van der Waals surface area contributed by atoms with Gasteiger partial charge in [0, 0.05) is 16.8 Å². The number of anilines is 1. The molecule has 1 aromatic carbocycles. The van der Waals surface area contributed by atoms with E-state index in [0.29, 0.717) is 29.7 Å². The highest BCUT2D eigenvalue weighted by Gasteiger charge is 2.35. The molecule has 0 aliphatic heterocycles.